The molecule has 4 heteroatoms. The number of hydrogen-bond acceptors (Lipinski definition) is 3. The van der Waals surface area contributed by atoms with E-state index in [-0.39, 0.29) is 5.91 Å². The Morgan fingerprint density at radius 3 is 2.42 bits per heavy atom. The van der Waals surface area contributed by atoms with Gasteiger partial charge in [-0.1, -0.05) is 55.1 Å². The first-order valence-corrected chi connectivity index (χ1v) is 7.56. The summed E-state index contributed by atoms with van der Waals surface area (Å²) in [7, 11) is 1.54. The zero-order valence-electron chi connectivity index (χ0n) is 13.4. The van der Waals surface area contributed by atoms with Crippen molar-refractivity contribution in [3.63, 3.8) is 0 Å². The fourth-order valence-electron chi connectivity index (χ4n) is 2.48. The Labute approximate surface area is 140 Å². The van der Waals surface area contributed by atoms with Gasteiger partial charge in [0.2, 0.25) is 0 Å². The number of methoxy groups -OCH3 is 1. The molecule has 0 fully saturated rings. The van der Waals surface area contributed by atoms with E-state index < -0.39 is 0 Å². The summed E-state index contributed by atoms with van der Waals surface area (Å²) in [5, 5.41) is 2.28. The molecule has 0 radical (unpaired) electrons. The third kappa shape index (κ3) is 3.22. The summed E-state index contributed by atoms with van der Waals surface area (Å²) in [6, 6.07) is 21.2. The molecule has 4 nitrogen and oxygen atoms in total. The molecule has 3 rings (SSSR count). The van der Waals surface area contributed by atoms with Crippen LogP contribution in [0, 0.1) is 0 Å². The molecule has 0 aromatic heterocycles. The summed E-state index contributed by atoms with van der Waals surface area (Å²) in [4.78, 5) is 12.3. The zero-order valence-corrected chi connectivity index (χ0v) is 13.4. The number of benzene rings is 3. The molecule has 0 aliphatic carbocycles. The molecule has 0 aliphatic rings. The van der Waals surface area contributed by atoms with Gasteiger partial charge in [-0.3, -0.25) is 15.6 Å². The Bertz CT molecular complexity index is 903. The highest BCUT2D eigenvalue weighted by atomic mass is 16.5. The zero-order chi connectivity index (χ0) is 16.9. The number of nitrogens with one attached hydrogen (secondary N) is 2. The highest BCUT2D eigenvalue weighted by molar-refractivity contribution is 5.97. The summed E-state index contributed by atoms with van der Waals surface area (Å²) in [5.41, 5.74) is 7.50. The molecule has 3 aromatic rings. The molecular formula is C20H18N2O2. The van der Waals surface area contributed by atoms with E-state index in [2.05, 4.69) is 23.5 Å². The predicted molar refractivity (Wildman–Crippen MR) is 96.6 cm³/mol. The second-order valence-electron chi connectivity index (χ2n) is 5.32. The van der Waals surface area contributed by atoms with Crippen molar-refractivity contribution < 1.29 is 9.53 Å². The number of carbonyl (C=O) groups is 1. The van der Waals surface area contributed by atoms with Gasteiger partial charge in [0.25, 0.3) is 5.91 Å². The van der Waals surface area contributed by atoms with Gasteiger partial charge in [0, 0.05) is 0 Å². The minimum absolute atomic E-state index is 0.283. The third-order valence-electron chi connectivity index (χ3n) is 3.78. The quantitative estimate of drug-likeness (QED) is 0.704. The number of carbonyl (C=O) groups excluding carboxylic acids is 1. The molecule has 0 heterocycles. The molecule has 0 atom stereocenters. The van der Waals surface area contributed by atoms with Crippen molar-refractivity contribution >= 4 is 22.4 Å². The monoisotopic (exact) mass is 318 g/mol. The van der Waals surface area contributed by atoms with Crippen LogP contribution < -0.4 is 15.6 Å². The van der Waals surface area contributed by atoms with E-state index in [0.717, 1.165) is 16.3 Å². The maximum absolute atomic E-state index is 12.3. The molecule has 120 valence electrons. The van der Waals surface area contributed by atoms with Crippen molar-refractivity contribution in [3.05, 3.63) is 84.4 Å². The number of rotatable bonds is 5. The van der Waals surface area contributed by atoms with E-state index in [1.165, 1.54) is 7.11 Å². The maximum atomic E-state index is 12.3. The molecule has 0 aliphatic heterocycles. The van der Waals surface area contributed by atoms with Crippen molar-refractivity contribution in [1.29, 1.82) is 0 Å². The average molecular weight is 318 g/mol. The molecule has 0 unspecified atom stereocenters. The van der Waals surface area contributed by atoms with E-state index in [1.807, 2.05) is 42.5 Å². The summed E-state index contributed by atoms with van der Waals surface area (Å²) in [6.07, 6.45) is 0. The Hall–Kier alpha value is -3.27. The first-order chi connectivity index (χ1) is 11.7. The Morgan fingerprint density at radius 1 is 0.917 bits per heavy atom. The molecule has 24 heavy (non-hydrogen) atoms. The lowest BCUT2D eigenvalue weighted by atomic mass is 10.1. The molecule has 0 bridgehead atoms. The van der Waals surface area contributed by atoms with E-state index in [9.17, 15) is 4.79 Å². The van der Waals surface area contributed by atoms with E-state index in [0.29, 0.717) is 17.0 Å². The second kappa shape index (κ2) is 6.87. The summed E-state index contributed by atoms with van der Waals surface area (Å²) in [5.74, 6) is 0.238. The molecule has 0 saturated heterocycles. The van der Waals surface area contributed by atoms with Gasteiger partial charge >= 0.3 is 0 Å². The number of para-hydroxylation sites is 1. The number of amides is 1. The predicted octanol–water partition coefficient (Wildman–Crippen LogP) is 3.75. The number of hydrazine groups is 1. The standard InChI is InChI=1S/C20H18N2O2/c1-14(16-12-11-15-7-3-4-8-17(15)13-16)21-22-20(23)18-9-5-6-10-19(18)24-2/h3-13,21H,1H2,2H3,(H,22,23). The van der Waals surface area contributed by atoms with Crippen molar-refractivity contribution in [1.82, 2.24) is 10.9 Å². The topological polar surface area (TPSA) is 50.4 Å². The van der Waals surface area contributed by atoms with Gasteiger partial charge in [-0.05, 0) is 34.5 Å². The minimum Gasteiger partial charge on any atom is -0.496 e. The van der Waals surface area contributed by atoms with Crippen molar-refractivity contribution in [2.45, 2.75) is 0 Å². The van der Waals surface area contributed by atoms with Crippen LogP contribution in [0.3, 0.4) is 0 Å². The summed E-state index contributed by atoms with van der Waals surface area (Å²) < 4.78 is 5.20. The fourth-order valence-corrected chi connectivity index (χ4v) is 2.48. The van der Waals surface area contributed by atoms with Crippen LogP contribution in [-0.2, 0) is 0 Å². The SMILES string of the molecule is C=C(NNC(=O)c1ccccc1OC)c1ccc2ccccc2c1. The Balaban J connectivity index is 1.71. The number of hydrogen-bond donors (Lipinski definition) is 2. The number of fused-ring (bicyclic) bond motifs is 1. The lowest BCUT2D eigenvalue weighted by molar-refractivity contribution is 0.0939. The van der Waals surface area contributed by atoms with Crippen LogP contribution in [0.1, 0.15) is 15.9 Å². The summed E-state index contributed by atoms with van der Waals surface area (Å²) in [6.45, 7) is 3.98. The van der Waals surface area contributed by atoms with Gasteiger partial charge in [-0.25, -0.2) is 0 Å². The highest BCUT2D eigenvalue weighted by Gasteiger charge is 2.11. The van der Waals surface area contributed by atoms with E-state index >= 15 is 0 Å². The summed E-state index contributed by atoms with van der Waals surface area (Å²) >= 11 is 0. The van der Waals surface area contributed by atoms with Crippen molar-refractivity contribution in [3.8, 4) is 5.75 Å². The molecule has 2 N–H and O–H groups in total. The smallest absolute Gasteiger partial charge is 0.273 e. The second-order valence-corrected chi connectivity index (χ2v) is 5.32. The highest BCUT2D eigenvalue weighted by Crippen LogP contribution is 2.19. The molecule has 0 saturated carbocycles. The van der Waals surface area contributed by atoms with Crippen LogP contribution in [-0.4, -0.2) is 13.0 Å². The van der Waals surface area contributed by atoms with Crippen LogP contribution in [0.15, 0.2) is 73.3 Å². The third-order valence-corrected chi connectivity index (χ3v) is 3.78. The van der Waals surface area contributed by atoms with Crippen LogP contribution in [0.2, 0.25) is 0 Å². The van der Waals surface area contributed by atoms with Gasteiger partial charge in [-0.2, -0.15) is 0 Å². The van der Waals surface area contributed by atoms with Gasteiger partial charge in [-0.15, -0.1) is 0 Å². The lowest BCUT2D eigenvalue weighted by Crippen LogP contribution is -2.36. The van der Waals surface area contributed by atoms with E-state index in [4.69, 9.17) is 4.74 Å². The van der Waals surface area contributed by atoms with Crippen molar-refractivity contribution in [2.75, 3.05) is 7.11 Å². The van der Waals surface area contributed by atoms with E-state index in [1.54, 1.807) is 18.2 Å². The Morgan fingerprint density at radius 2 is 1.62 bits per heavy atom. The van der Waals surface area contributed by atoms with Crippen LogP contribution >= 0.6 is 0 Å². The van der Waals surface area contributed by atoms with Crippen LogP contribution in [0.4, 0.5) is 0 Å². The van der Waals surface area contributed by atoms with Gasteiger partial charge < -0.3 is 4.74 Å². The number of ether oxygens (including phenoxy) is 1. The first kappa shape index (κ1) is 15.6. The average Bonchev–Trinajstić information content (AvgIpc) is 2.65. The largest absolute Gasteiger partial charge is 0.496 e. The molecule has 0 spiro atoms. The van der Waals surface area contributed by atoms with Gasteiger partial charge in [0.05, 0.1) is 18.4 Å². The molecule has 1 amide bonds. The van der Waals surface area contributed by atoms with Crippen LogP contribution in [0.25, 0.3) is 16.5 Å². The molecule has 3 aromatic carbocycles. The van der Waals surface area contributed by atoms with Crippen molar-refractivity contribution in [2.24, 2.45) is 0 Å². The normalized spacial score (nSPS) is 10.2. The van der Waals surface area contributed by atoms with Gasteiger partial charge in [0.15, 0.2) is 0 Å². The maximum Gasteiger partial charge on any atom is 0.273 e. The van der Waals surface area contributed by atoms with Gasteiger partial charge in [0.1, 0.15) is 5.75 Å². The fraction of sp³-hybridized carbons (Fsp3) is 0.0500. The minimum atomic E-state index is -0.283. The first-order valence-electron chi connectivity index (χ1n) is 7.56. The Kier molecular flexibility index (Phi) is 4.47. The molecular weight excluding hydrogens is 300 g/mol. The lowest BCUT2D eigenvalue weighted by Gasteiger charge is -2.13. The van der Waals surface area contributed by atoms with Crippen LogP contribution in [0.5, 0.6) is 5.75 Å².